The summed E-state index contributed by atoms with van der Waals surface area (Å²) >= 11 is 0. The molecule has 0 radical (unpaired) electrons. The Kier molecular flexibility index (Phi) is 7.80. The molecule has 0 heterocycles. The summed E-state index contributed by atoms with van der Waals surface area (Å²) in [5.41, 5.74) is 1.54. The van der Waals surface area contributed by atoms with Crippen molar-refractivity contribution >= 4 is 11.7 Å². The molecule has 0 spiro atoms. The average Bonchev–Trinajstić information content (AvgIpc) is 2.49. The van der Waals surface area contributed by atoms with Crippen molar-refractivity contribution < 1.29 is 14.4 Å². The van der Waals surface area contributed by atoms with Gasteiger partial charge >= 0.3 is 5.97 Å². The topological polar surface area (TPSA) is 47.9 Å². The molecule has 4 nitrogen and oxygen atoms in total. The van der Waals surface area contributed by atoms with Crippen LogP contribution in [0.2, 0.25) is 0 Å². The Hall–Kier alpha value is -2.10. The molecule has 0 amide bonds. The molecule has 0 atom stereocenters. The Labute approximate surface area is 120 Å². The minimum atomic E-state index is -0.415. The van der Waals surface area contributed by atoms with Crippen molar-refractivity contribution in [3.8, 4) is 0 Å². The maximum atomic E-state index is 11.8. The quantitative estimate of drug-likeness (QED) is 0.229. The second-order valence-corrected chi connectivity index (χ2v) is 4.27. The fraction of sp³-hybridized carbons (Fsp3) is 0.375. The number of carbonyl (C=O) groups excluding carboxylic acids is 1. The molecule has 0 bridgehead atoms. The summed E-state index contributed by atoms with van der Waals surface area (Å²) in [6, 6.07) is 10.1. The molecule has 0 unspecified atom stereocenters. The smallest absolute Gasteiger partial charge is 0.356 e. The zero-order valence-electron chi connectivity index (χ0n) is 11.9. The molecular formula is C16H21NO3. The maximum Gasteiger partial charge on any atom is 0.356 e. The number of esters is 1. The normalized spacial score (nSPS) is 10.9. The van der Waals surface area contributed by atoms with E-state index < -0.39 is 5.97 Å². The van der Waals surface area contributed by atoms with Gasteiger partial charge in [0.2, 0.25) is 0 Å². The van der Waals surface area contributed by atoms with Gasteiger partial charge in [0.15, 0.2) is 5.71 Å². The number of hydrogen-bond acceptors (Lipinski definition) is 4. The van der Waals surface area contributed by atoms with Gasteiger partial charge in [-0.1, -0.05) is 41.6 Å². The lowest BCUT2D eigenvalue weighted by Gasteiger charge is -2.06. The molecule has 0 aromatic heterocycles. The fourth-order valence-corrected chi connectivity index (χ4v) is 1.70. The van der Waals surface area contributed by atoms with E-state index in [1.54, 1.807) is 6.08 Å². The molecule has 1 rings (SSSR count). The second kappa shape index (κ2) is 9.78. The minimum absolute atomic E-state index is 0.298. The van der Waals surface area contributed by atoms with Crippen LogP contribution in [0.4, 0.5) is 0 Å². The molecule has 0 N–H and O–H groups in total. The molecule has 20 heavy (non-hydrogen) atoms. The average molecular weight is 275 g/mol. The Morgan fingerprint density at radius 3 is 2.75 bits per heavy atom. The van der Waals surface area contributed by atoms with Gasteiger partial charge in [0.05, 0.1) is 6.61 Å². The Balaban J connectivity index is 2.30. The van der Waals surface area contributed by atoms with Crippen LogP contribution in [0.15, 0.2) is 48.1 Å². The van der Waals surface area contributed by atoms with Crippen molar-refractivity contribution in [2.75, 3.05) is 13.7 Å². The number of carbonyl (C=O) groups is 1. The predicted octanol–water partition coefficient (Wildman–Crippen LogP) is 3.13. The first-order chi connectivity index (χ1) is 9.77. The highest BCUT2D eigenvalue weighted by atomic mass is 16.6. The van der Waals surface area contributed by atoms with Crippen LogP contribution in [-0.4, -0.2) is 25.4 Å². The number of nitrogens with zero attached hydrogens (tertiary/aromatic N) is 1. The van der Waals surface area contributed by atoms with Gasteiger partial charge in [0.1, 0.15) is 7.11 Å². The number of ether oxygens (including phenoxy) is 1. The number of allylic oxidation sites excluding steroid dienone is 1. The van der Waals surface area contributed by atoms with Crippen molar-refractivity contribution in [2.24, 2.45) is 5.16 Å². The van der Waals surface area contributed by atoms with E-state index in [0.717, 1.165) is 12.8 Å². The lowest BCUT2D eigenvalue weighted by molar-refractivity contribution is -0.136. The van der Waals surface area contributed by atoms with Gasteiger partial charge in [-0.3, -0.25) is 0 Å². The molecule has 0 saturated carbocycles. The van der Waals surface area contributed by atoms with E-state index in [2.05, 4.69) is 28.7 Å². The van der Waals surface area contributed by atoms with E-state index in [9.17, 15) is 4.79 Å². The molecule has 0 aliphatic heterocycles. The first-order valence-corrected chi connectivity index (χ1v) is 6.70. The predicted molar refractivity (Wildman–Crippen MR) is 79.6 cm³/mol. The summed E-state index contributed by atoms with van der Waals surface area (Å²) < 4.78 is 5.19. The van der Waals surface area contributed by atoms with Crippen LogP contribution in [0.25, 0.3) is 0 Å². The largest absolute Gasteiger partial charge is 0.461 e. The molecule has 1 aromatic carbocycles. The van der Waals surface area contributed by atoms with E-state index in [-0.39, 0.29) is 0 Å². The highest BCUT2D eigenvalue weighted by molar-refractivity contribution is 6.36. The second-order valence-electron chi connectivity index (χ2n) is 4.27. The molecule has 4 heteroatoms. The standard InChI is InChI=1S/C16H21NO3/c1-3-4-12-15(17-19-2)16(18)20-13-8-11-14-9-6-5-7-10-14/h3,5-7,9-10H,1,4,8,11-13H2,2H3/b17-15+. The number of oxime groups is 1. The third kappa shape index (κ3) is 6.18. The van der Waals surface area contributed by atoms with Gasteiger partial charge in [-0.2, -0.15) is 0 Å². The van der Waals surface area contributed by atoms with Gasteiger partial charge in [0, 0.05) is 6.42 Å². The third-order valence-electron chi connectivity index (χ3n) is 2.71. The van der Waals surface area contributed by atoms with E-state index >= 15 is 0 Å². The van der Waals surface area contributed by atoms with Crippen molar-refractivity contribution in [1.29, 1.82) is 0 Å². The summed E-state index contributed by atoms with van der Waals surface area (Å²) in [5, 5.41) is 3.69. The SMILES string of the molecule is C=CCC/C(=N\OC)C(=O)OCCCc1ccccc1. The lowest BCUT2D eigenvalue weighted by Crippen LogP contribution is -2.18. The molecule has 108 valence electrons. The molecular weight excluding hydrogens is 254 g/mol. The number of benzene rings is 1. The highest BCUT2D eigenvalue weighted by Crippen LogP contribution is 2.03. The van der Waals surface area contributed by atoms with Gasteiger partial charge in [-0.25, -0.2) is 4.79 Å². The Bertz CT molecular complexity index is 440. The molecule has 0 aliphatic carbocycles. The van der Waals surface area contributed by atoms with Gasteiger partial charge < -0.3 is 9.57 Å². The third-order valence-corrected chi connectivity index (χ3v) is 2.71. The molecule has 0 saturated heterocycles. The van der Waals surface area contributed by atoms with Gasteiger partial charge in [-0.15, -0.1) is 6.58 Å². The summed E-state index contributed by atoms with van der Waals surface area (Å²) in [7, 11) is 1.41. The molecule has 0 aliphatic rings. The van der Waals surface area contributed by atoms with Crippen molar-refractivity contribution in [2.45, 2.75) is 25.7 Å². The van der Waals surface area contributed by atoms with Crippen LogP contribution >= 0.6 is 0 Å². The van der Waals surface area contributed by atoms with Crippen LogP contribution in [0.5, 0.6) is 0 Å². The fourth-order valence-electron chi connectivity index (χ4n) is 1.70. The highest BCUT2D eigenvalue weighted by Gasteiger charge is 2.13. The van der Waals surface area contributed by atoms with Crippen molar-refractivity contribution in [3.05, 3.63) is 48.6 Å². The van der Waals surface area contributed by atoms with Crippen LogP contribution in [-0.2, 0) is 20.8 Å². The van der Waals surface area contributed by atoms with Gasteiger partial charge in [-0.05, 0) is 24.8 Å². The summed E-state index contributed by atoms with van der Waals surface area (Å²) in [6.45, 7) is 3.99. The van der Waals surface area contributed by atoms with E-state index in [1.165, 1.54) is 12.7 Å². The van der Waals surface area contributed by atoms with E-state index in [4.69, 9.17) is 4.74 Å². The number of hydrogen-bond donors (Lipinski definition) is 0. The Morgan fingerprint density at radius 1 is 1.35 bits per heavy atom. The molecule has 1 aromatic rings. The molecule has 0 fully saturated rings. The maximum absolute atomic E-state index is 11.8. The number of rotatable bonds is 9. The zero-order valence-corrected chi connectivity index (χ0v) is 11.9. The van der Waals surface area contributed by atoms with Crippen LogP contribution in [0, 0.1) is 0 Å². The minimum Gasteiger partial charge on any atom is -0.461 e. The van der Waals surface area contributed by atoms with E-state index in [0.29, 0.717) is 25.2 Å². The summed E-state index contributed by atoms with van der Waals surface area (Å²) in [4.78, 5) is 16.4. The van der Waals surface area contributed by atoms with Crippen molar-refractivity contribution in [1.82, 2.24) is 0 Å². The van der Waals surface area contributed by atoms with Crippen LogP contribution < -0.4 is 0 Å². The van der Waals surface area contributed by atoms with Crippen molar-refractivity contribution in [3.63, 3.8) is 0 Å². The first-order valence-electron chi connectivity index (χ1n) is 6.70. The monoisotopic (exact) mass is 275 g/mol. The number of aryl methyl sites for hydroxylation is 1. The Morgan fingerprint density at radius 2 is 2.10 bits per heavy atom. The van der Waals surface area contributed by atoms with Crippen LogP contribution in [0.1, 0.15) is 24.8 Å². The first kappa shape index (κ1) is 16.0. The zero-order chi connectivity index (χ0) is 14.6. The van der Waals surface area contributed by atoms with Gasteiger partial charge in [0.25, 0.3) is 0 Å². The summed E-state index contributed by atoms with van der Waals surface area (Å²) in [5.74, 6) is -0.415. The summed E-state index contributed by atoms with van der Waals surface area (Å²) in [6.07, 6.45) is 4.55. The lowest BCUT2D eigenvalue weighted by atomic mass is 10.1. The van der Waals surface area contributed by atoms with Crippen LogP contribution in [0.3, 0.4) is 0 Å². The van der Waals surface area contributed by atoms with E-state index in [1.807, 2.05) is 18.2 Å².